The Morgan fingerprint density at radius 3 is 2.89 bits per heavy atom. The summed E-state index contributed by atoms with van der Waals surface area (Å²) in [7, 11) is 1.89. The van der Waals surface area contributed by atoms with Crippen LogP contribution in [0.4, 0.5) is 0 Å². The van der Waals surface area contributed by atoms with Crippen LogP contribution in [0.25, 0.3) is 0 Å². The van der Waals surface area contributed by atoms with E-state index in [4.69, 9.17) is 0 Å². The van der Waals surface area contributed by atoms with Gasteiger partial charge in [0, 0.05) is 25.8 Å². The highest BCUT2D eigenvalue weighted by Gasteiger charge is 2.15. The van der Waals surface area contributed by atoms with Crippen molar-refractivity contribution in [1.82, 2.24) is 20.4 Å². The number of nitrogens with zero attached hydrogens (tertiary/aromatic N) is 2. The lowest BCUT2D eigenvalue weighted by Crippen LogP contribution is -2.41. The summed E-state index contributed by atoms with van der Waals surface area (Å²) in [6.45, 7) is 1.01. The lowest BCUT2D eigenvalue weighted by atomic mass is 9.95. The molecule has 0 aliphatic heterocycles. The van der Waals surface area contributed by atoms with Crippen LogP contribution in [0.2, 0.25) is 0 Å². The number of aromatic nitrogens is 2. The number of hydrogen-bond acceptors (Lipinski definition) is 3. The van der Waals surface area contributed by atoms with Crippen LogP contribution in [0.15, 0.2) is 12.3 Å². The molecular formula is C13H22N4O. The summed E-state index contributed by atoms with van der Waals surface area (Å²) in [5.41, 5.74) is 0.961. The van der Waals surface area contributed by atoms with Gasteiger partial charge in [-0.3, -0.25) is 9.48 Å². The number of hydrogen-bond donors (Lipinski definition) is 2. The van der Waals surface area contributed by atoms with Crippen LogP contribution in [-0.4, -0.2) is 28.3 Å². The van der Waals surface area contributed by atoms with Crippen molar-refractivity contribution in [2.45, 2.75) is 44.7 Å². The second-order valence-electron chi connectivity index (χ2n) is 4.99. The van der Waals surface area contributed by atoms with Gasteiger partial charge in [0.05, 0.1) is 12.2 Å². The molecule has 1 heterocycles. The number of rotatable bonds is 5. The van der Waals surface area contributed by atoms with Crippen molar-refractivity contribution >= 4 is 5.91 Å². The van der Waals surface area contributed by atoms with Crippen LogP contribution in [0.3, 0.4) is 0 Å². The molecule has 0 saturated heterocycles. The number of aryl methyl sites for hydroxylation is 1. The molecule has 1 aromatic heterocycles. The van der Waals surface area contributed by atoms with E-state index in [9.17, 15) is 4.79 Å². The predicted molar refractivity (Wildman–Crippen MR) is 69.9 cm³/mol. The fourth-order valence-electron chi connectivity index (χ4n) is 2.39. The molecule has 2 N–H and O–H groups in total. The first-order valence-corrected chi connectivity index (χ1v) is 6.72. The minimum absolute atomic E-state index is 0.0952. The average molecular weight is 250 g/mol. The summed E-state index contributed by atoms with van der Waals surface area (Å²) in [6.07, 6.45) is 7.96. The van der Waals surface area contributed by atoms with Gasteiger partial charge in [-0.25, -0.2) is 0 Å². The molecule has 1 aromatic rings. The zero-order chi connectivity index (χ0) is 12.8. The Morgan fingerprint density at radius 2 is 2.22 bits per heavy atom. The minimum atomic E-state index is 0.0952. The molecule has 1 fully saturated rings. The van der Waals surface area contributed by atoms with Gasteiger partial charge < -0.3 is 10.6 Å². The molecular weight excluding hydrogens is 228 g/mol. The first-order chi connectivity index (χ1) is 8.74. The highest BCUT2D eigenvalue weighted by Crippen LogP contribution is 2.16. The summed E-state index contributed by atoms with van der Waals surface area (Å²) >= 11 is 0. The topological polar surface area (TPSA) is 59.0 Å². The summed E-state index contributed by atoms with van der Waals surface area (Å²) in [5.74, 6) is 0.0952. The molecule has 100 valence electrons. The maximum absolute atomic E-state index is 11.7. The van der Waals surface area contributed by atoms with Crippen LogP contribution < -0.4 is 10.6 Å². The molecule has 0 atom stereocenters. The Kier molecular flexibility index (Phi) is 4.75. The van der Waals surface area contributed by atoms with E-state index in [1.165, 1.54) is 19.3 Å². The van der Waals surface area contributed by atoms with E-state index in [0.717, 1.165) is 18.5 Å². The van der Waals surface area contributed by atoms with E-state index in [1.54, 1.807) is 4.68 Å². The molecule has 0 radical (unpaired) electrons. The quantitative estimate of drug-likeness (QED) is 0.818. The van der Waals surface area contributed by atoms with E-state index in [2.05, 4.69) is 15.7 Å². The molecule has 5 heteroatoms. The molecule has 1 saturated carbocycles. The predicted octanol–water partition coefficient (Wildman–Crippen LogP) is 0.959. The molecule has 1 aliphatic carbocycles. The van der Waals surface area contributed by atoms with Crippen molar-refractivity contribution < 1.29 is 4.79 Å². The Bertz CT molecular complexity index is 382. The fourth-order valence-corrected chi connectivity index (χ4v) is 2.39. The smallest absolute Gasteiger partial charge is 0.234 e. The van der Waals surface area contributed by atoms with Gasteiger partial charge in [0.1, 0.15) is 0 Å². The zero-order valence-corrected chi connectivity index (χ0v) is 11.0. The second kappa shape index (κ2) is 6.54. The molecule has 2 rings (SSSR count). The Labute approximate surface area is 108 Å². The zero-order valence-electron chi connectivity index (χ0n) is 11.0. The van der Waals surface area contributed by atoms with Crippen LogP contribution in [0.5, 0.6) is 0 Å². The van der Waals surface area contributed by atoms with Crippen LogP contribution in [0.1, 0.15) is 37.8 Å². The van der Waals surface area contributed by atoms with Crippen molar-refractivity contribution in [3.63, 3.8) is 0 Å². The molecule has 0 aromatic carbocycles. The second-order valence-corrected chi connectivity index (χ2v) is 4.99. The van der Waals surface area contributed by atoms with Crippen LogP contribution in [0, 0.1) is 0 Å². The van der Waals surface area contributed by atoms with Gasteiger partial charge in [-0.15, -0.1) is 0 Å². The molecule has 0 spiro atoms. The maximum atomic E-state index is 11.7. The average Bonchev–Trinajstić information content (AvgIpc) is 2.76. The molecule has 5 nitrogen and oxygen atoms in total. The molecule has 0 bridgehead atoms. The minimum Gasteiger partial charge on any atom is -0.352 e. The SMILES string of the molecule is Cn1ccc(CNCC(=O)NC2CCCCC2)n1. The monoisotopic (exact) mass is 250 g/mol. The Balaban J connectivity index is 1.62. The van der Waals surface area contributed by atoms with E-state index >= 15 is 0 Å². The fraction of sp³-hybridized carbons (Fsp3) is 0.692. The number of carbonyl (C=O) groups is 1. The normalized spacial score (nSPS) is 16.7. The highest BCUT2D eigenvalue weighted by molar-refractivity contribution is 5.78. The summed E-state index contributed by atoms with van der Waals surface area (Å²) < 4.78 is 1.76. The van der Waals surface area contributed by atoms with Gasteiger partial charge in [0.15, 0.2) is 0 Å². The lowest BCUT2D eigenvalue weighted by Gasteiger charge is -2.22. The summed E-state index contributed by atoms with van der Waals surface area (Å²) in [6, 6.07) is 2.34. The Morgan fingerprint density at radius 1 is 1.44 bits per heavy atom. The van der Waals surface area contributed by atoms with Crippen molar-refractivity contribution in [2.75, 3.05) is 6.54 Å². The van der Waals surface area contributed by atoms with Crippen molar-refractivity contribution in [3.05, 3.63) is 18.0 Å². The van der Waals surface area contributed by atoms with Gasteiger partial charge in [0.2, 0.25) is 5.91 Å². The third-order valence-corrected chi connectivity index (χ3v) is 3.33. The van der Waals surface area contributed by atoms with Crippen molar-refractivity contribution in [2.24, 2.45) is 7.05 Å². The first kappa shape index (κ1) is 13.1. The number of nitrogens with one attached hydrogen (secondary N) is 2. The third-order valence-electron chi connectivity index (χ3n) is 3.33. The molecule has 1 amide bonds. The third kappa shape index (κ3) is 4.14. The summed E-state index contributed by atoms with van der Waals surface area (Å²) in [5, 5.41) is 10.4. The molecule has 1 aliphatic rings. The van der Waals surface area contributed by atoms with Gasteiger partial charge >= 0.3 is 0 Å². The maximum Gasteiger partial charge on any atom is 0.234 e. The number of amides is 1. The lowest BCUT2D eigenvalue weighted by molar-refractivity contribution is -0.121. The highest BCUT2D eigenvalue weighted by atomic mass is 16.1. The van der Waals surface area contributed by atoms with E-state index in [1.807, 2.05) is 19.3 Å². The van der Waals surface area contributed by atoms with Gasteiger partial charge in [-0.05, 0) is 18.9 Å². The van der Waals surface area contributed by atoms with E-state index < -0.39 is 0 Å². The van der Waals surface area contributed by atoms with Crippen LogP contribution >= 0.6 is 0 Å². The molecule has 0 unspecified atom stereocenters. The van der Waals surface area contributed by atoms with E-state index in [0.29, 0.717) is 19.1 Å². The Hall–Kier alpha value is -1.36. The van der Waals surface area contributed by atoms with E-state index in [-0.39, 0.29) is 5.91 Å². The molecule has 18 heavy (non-hydrogen) atoms. The number of carbonyl (C=O) groups excluding carboxylic acids is 1. The summed E-state index contributed by atoms with van der Waals surface area (Å²) in [4.78, 5) is 11.7. The van der Waals surface area contributed by atoms with Crippen LogP contribution in [-0.2, 0) is 18.4 Å². The van der Waals surface area contributed by atoms with Gasteiger partial charge in [0.25, 0.3) is 0 Å². The van der Waals surface area contributed by atoms with Gasteiger partial charge in [-0.1, -0.05) is 19.3 Å². The first-order valence-electron chi connectivity index (χ1n) is 6.72. The van der Waals surface area contributed by atoms with Crippen molar-refractivity contribution in [3.8, 4) is 0 Å². The largest absolute Gasteiger partial charge is 0.352 e. The standard InChI is InChI=1S/C13H22N4O/c1-17-8-7-12(16-17)9-14-10-13(18)15-11-5-3-2-4-6-11/h7-8,11,14H,2-6,9-10H2,1H3,(H,15,18). The van der Waals surface area contributed by atoms with Gasteiger partial charge in [-0.2, -0.15) is 5.10 Å². The van der Waals surface area contributed by atoms with Crippen molar-refractivity contribution in [1.29, 1.82) is 0 Å².